The molecule has 5 aromatic carbocycles. The van der Waals surface area contributed by atoms with Gasteiger partial charge in [0.25, 0.3) is 0 Å². The number of benzene rings is 5. The summed E-state index contributed by atoms with van der Waals surface area (Å²) < 4.78 is 1.08. The summed E-state index contributed by atoms with van der Waals surface area (Å²) in [5.74, 6) is 0. The Morgan fingerprint density at radius 2 is 0.978 bits per heavy atom. The van der Waals surface area contributed by atoms with E-state index in [1.165, 1.54) is 27.8 Å². The van der Waals surface area contributed by atoms with Crippen molar-refractivity contribution < 1.29 is 16.9 Å². The van der Waals surface area contributed by atoms with E-state index in [0.717, 1.165) is 62.8 Å². The Morgan fingerprint density at radius 1 is 0.556 bits per heavy atom. The van der Waals surface area contributed by atoms with Crippen LogP contribution in [0.3, 0.4) is 0 Å². The molecule has 2 nitrogen and oxygen atoms in total. The summed E-state index contributed by atoms with van der Waals surface area (Å²) in [7, 11) is 0. The zero-order valence-corrected chi connectivity index (χ0v) is 27.7. The molecule has 1 N–H and O–H groups in total. The maximum atomic E-state index is 3.85. The van der Waals surface area contributed by atoms with E-state index in [1.807, 2.05) is 0 Å². The molecule has 4 heteroatoms. The second kappa shape index (κ2) is 16.8. The van der Waals surface area contributed by atoms with Gasteiger partial charge in [0.05, 0.1) is 6.54 Å². The highest BCUT2D eigenvalue weighted by molar-refractivity contribution is 5.85. The number of piperazine rings is 1. The average Bonchev–Trinajstić information content (AvgIpc) is 3.07. The van der Waals surface area contributed by atoms with Crippen LogP contribution in [0, 0.1) is 0 Å². The Bertz CT molecular complexity index is 1470. The molecule has 45 heavy (non-hydrogen) atoms. The Morgan fingerprint density at radius 3 is 1.47 bits per heavy atom. The lowest BCUT2D eigenvalue weighted by Gasteiger charge is -2.60. The first-order valence-corrected chi connectivity index (χ1v) is 16.0. The van der Waals surface area contributed by atoms with Gasteiger partial charge in [0.2, 0.25) is 0 Å². The van der Waals surface area contributed by atoms with Crippen molar-refractivity contribution in [2.24, 2.45) is 0 Å². The monoisotopic (exact) mass is 636 g/mol. The van der Waals surface area contributed by atoms with Gasteiger partial charge in [-0.3, -0.25) is 0 Å². The standard InChI is InChI=1S/C41H45N2.2ClH/c1-6-16-35(17-7-1)26-27-41(31-37-20-10-3-11-21-37,32-38-22-12-4-13-23-38)43(34-39-24-14-5-15-25-39)29-28-42-33-40(43)30-36-18-8-2-9-19-36;;/h1-25,40,42H,26-34H2;2*1H/q+1;;/p-1. The van der Waals surface area contributed by atoms with Crippen LogP contribution in [-0.4, -0.2) is 35.7 Å². The average molecular weight is 638 g/mol. The molecule has 1 aliphatic rings. The topological polar surface area (TPSA) is 12.0 Å². The molecule has 1 aliphatic heterocycles. The minimum absolute atomic E-state index is 0. The van der Waals surface area contributed by atoms with E-state index in [1.54, 1.807) is 0 Å². The van der Waals surface area contributed by atoms with E-state index in [9.17, 15) is 0 Å². The molecule has 0 bridgehead atoms. The van der Waals surface area contributed by atoms with E-state index in [4.69, 9.17) is 0 Å². The third-order valence-corrected chi connectivity index (χ3v) is 9.81. The molecule has 1 fully saturated rings. The van der Waals surface area contributed by atoms with Crippen molar-refractivity contribution >= 4 is 12.4 Å². The summed E-state index contributed by atoms with van der Waals surface area (Å²) in [6.07, 6.45) is 5.36. The highest BCUT2D eigenvalue weighted by Gasteiger charge is 2.55. The van der Waals surface area contributed by atoms with Gasteiger partial charge in [-0.15, -0.1) is 12.4 Å². The van der Waals surface area contributed by atoms with Gasteiger partial charge in [0.1, 0.15) is 18.1 Å². The molecule has 2 atom stereocenters. The lowest BCUT2D eigenvalue weighted by atomic mass is 9.74. The molecule has 2 unspecified atom stereocenters. The number of nitrogens with one attached hydrogen (secondary N) is 1. The van der Waals surface area contributed by atoms with Gasteiger partial charge < -0.3 is 22.2 Å². The van der Waals surface area contributed by atoms with Crippen molar-refractivity contribution in [2.45, 2.75) is 50.2 Å². The zero-order chi connectivity index (χ0) is 29.2. The summed E-state index contributed by atoms with van der Waals surface area (Å²) in [5.41, 5.74) is 7.16. The largest absolute Gasteiger partial charge is 1.00 e. The van der Waals surface area contributed by atoms with Crippen LogP contribution in [0.2, 0.25) is 0 Å². The van der Waals surface area contributed by atoms with Gasteiger partial charge in [-0.05, 0) is 28.7 Å². The van der Waals surface area contributed by atoms with Gasteiger partial charge >= 0.3 is 0 Å². The van der Waals surface area contributed by atoms with E-state index >= 15 is 0 Å². The van der Waals surface area contributed by atoms with Crippen LogP contribution in [0.25, 0.3) is 0 Å². The summed E-state index contributed by atoms with van der Waals surface area (Å²) >= 11 is 0. The summed E-state index contributed by atoms with van der Waals surface area (Å²) in [4.78, 5) is 0. The van der Waals surface area contributed by atoms with Gasteiger partial charge in [0.15, 0.2) is 0 Å². The normalized spacial score (nSPS) is 17.9. The third kappa shape index (κ3) is 8.45. The van der Waals surface area contributed by atoms with Crippen LogP contribution in [0.15, 0.2) is 152 Å². The second-order valence-corrected chi connectivity index (χ2v) is 12.5. The Hall–Kier alpha value is -3.40. The predicted molar refractivity (Wildman–Crippen MR) is 187 cm³/mol. The second-order valence-electron chi connectivity index (χ2n) is 12.5. The molecule has 6 rings (SSSR count). The number of rotatable bonds is 12. The maximum absolute atomic E-state index is 3.85. The number of quaternary nitrogens is 1. The van der Waals surface area contributed by atoms with Gasteiger partial charge in [0, 0.05) is 44.3 Å². The fourth-order valence-corrected chi connectivity index (χ4v) is 7.70. The first kappa shape index (κ1) is 34.5. The molecule has 0 radical (unpaired) electrons. The van der Waals surface area contributed by atoms with Crippen LogP contribution in [0.4, 0.5) is 0 Å². The van der Waals surface area contributed by atoms with Gasteiger partial charge in [-0.1, -0.05) is 152 Å². The van der Waals surface area contributed by atoms with E-state index in [0.29, 0.717) is 6.04 Å². The zero-order valence-electron chi connectivity index (χ0n) is 26.1. The van der Waals surface area contributed by atoms with Crippen molar-refractivity contribution in [3.8, 4) is 0 Å². The molecule has 1 saturated heterocycles. The minimum Gasteiger partial charge on any atom is -1.00 e. The number of halogens is 2. The molecule has 0 aliphatic carbocycles. The third-order valence-electron chi connectivity index (χ3n) is 9.81. The molecule has 0 aromatic heterocycles. The highest BCUT2D eigenvalue weighted by Crippen LogP contribution is 2.43. The molecule has 0 saturated carbocycles. The minimum atomic E-state index is -0.0179. The van der Waals surface area contributed by atoms with Crippen LogP contribution in [-0.2, 0) is 32.2 Å². The fraction of sp³-hybridized carbons (Fsp3) is 0.268. The summed E-state index contributed by atoms with van der Waals surface area (Å²) in [5, 5.41) is 3.85. The SMILES string of the molecule is Cl.[Cl-].c1ccc(CCC(Cc2ccccc2)(Cc2ccccc2)[N+]2(Cc3ccccc3)CCNCC2Cc2ccccc2)cc1. The molecule has 5 aromatic rings. The molecule has 0 amide bonds. The quantitative estimate of drug-likeness (QED) is 0.178. The Labute approximate surface area is 282 Å². The summed E-state index contributed by atoms with van der Waals surface area (Å²) in [6, 6.07) is 56.8. The first-order valence-electron chi connectivity index (χ1n) is 16.0. The van der Waals surface area contributed by atoms with E-state index in [-0.39, 0.29) is 30.4 Å². The number of aryl methyl sites for hydroxylation is 1. The Kier molecular flexibility index (Phi) is 12.9. The Balaban J connectivity index is 0.00000230. The molecule has 234 valence electrons. The van der Waals surface area contributed by atoms with Crippen LogP contribution in [0.1, 0.15) is 34.2 Å². The lowest BCUT2D eigenvalue weighted by Crippen LogP contribution is -3.00. The molecule has 0 spiro atoms. The van der Waals surface area contributed by atoms with Gasteiger partial charge in [-0.25, -0.2) is 0 Å². The van der Waals surface area contributed by atoms with Crippen molar-refractivity contribution in [3.63, 3.8) is 0 Å². The van der Waals surface area contributed by atoms with Crippen molar-refractivity contribution in [1.82, 2.24) is 5.32 Å². The maximum Gasteiger partial charge on any atom is 0.108 e. The van der Waals surface area contributed by atoms with Crippen molar-refractivity contribution in [3.05, 3.63) is 179 Å². The van der Waals surface area contributed by atoms with E-state index in [2.05, 4.69) is 157 Å². The number of hydrogen-bond donors (Lipinski definition) is 1. The predicted octanol–water partition coefficient (Wildman–Crippen LogP) is 5.50. The number of hydrogen-bond acceptors (Lipinski definition) is 1. The van der Waals surface area contributed by atoms with Gasteiger partial charge in [-0.2, -0.15) is 0 Å². The molecule has 1 heterocycles. The highest BCUT2D eigenvalue weighted by atomic mass is 35.5. The first-order chi connectivity index (χ1) is 21.2. The van der Waals surface area contributed by atoms with Crippen LogP contribution < -0.4 is 17.7 Å². The van der Waals surface area contributed by atoms with Crippen LogP contribution in [0.5, 0.6) is 0 Å². The van der Waals surface area contributed by atoms with Crippen molar-refractivity contribution in [2.75, 3.05) is 19.6 Å². The molecular weight excluding hydrogens is 591 g/mol. The fourth-order valence-electron chi connectivity index (χ4n) is 7.70. The van der Waals surface area contributed by atoms with E-state index < -0.39 is 0 Å². The smallest absolute Gasteiger partial charge is 0.108 e. The van der Waals surface area contributed by atoms with Crippen molar-refractivity contribution in [1.29, 1.82) is 0 Å². The number of nitrogens with zero attached hydrogens (tertiary/aromatic N) is 1. The lowest BCUT2D eigenvalue weighted by molar-refractivity contribution is -1.01. The summed E-state index contributed by atoms with van der Waals surface area (Å²) in [6.45, 7) is 4.21. The molecular formula is C41H46Cl2N2. The van der Waals surface area contributed by atoms with Crippen LogP contribution >= 0.6 is 12.4 Å².